The lowest BCUT2D eigenvalue weighted by molar-refractivity contribution is 0.430. The molecule has 1 aromatic carbocycles. The lowest BCUT2D eigenvalue weighted by atomic mass is 9.84. The van der Waals surface area contributed by atoms with Crippen LogP contribution in [0, 0.1) is 5.82 Å². The van der Waals surface area contributed by atoms with Crippen molar-refractivity contribution < 1.29 is 8.60 Å². The van der Waals surface area contributed by atoms with Crippen molar-refractivity contribution in [3.63, 3.8) is 0 Å². The average molecular weight is 480 g/mol. The lowest BCUT2D eigenvalue weighted by Gasteiger charge is -2.36. The quantitative estimate of drug-likeness (QED) is 0.580. The minimum Gasteiger partial charge on any atom is -0.294 e. The normalized spacial score (nSPS) is 17.5. The second kappa shape index (κ2) is 8.04. The van der Waals surface area contributed by atoms with Gasteiger partial charge in [-0.3, -0.25) is 14.0 Å². The van der Waals surface area contributed by atoms with Crippen LogP contribution in [-0.2, 0) is 23.6 Å². The van der Waals surface area contributed by atoms with E-state index in [2.05, 4.69) is 14.8 Å². The van der Waals surface area contributed by atoms with Gasteiger partial charge >= 0.3 is 0 Å². The lowest BCUT2D eigenvalue weighted by Crippen LogP contribution is -2.49. The van der Waals surface area contributed by atoms with E-state index in [9.17, 15) is 13.4 Å². The molecule has 1 aliphatic rings. The Hall–Kier alpha value is -2.10. The smallest absolute Gasteiger partial charge is 0.282 e. The summed E-state index contributed by atoms with van der Waals surface area (Å²) in [4.78, 5) is 17.7. The number of fused-ring (bicyclic) bond motifs is 1. The number of aromatic nitrogens is 4. The molecule has 2 atom stereocenters. The number of nitrogens with one attached hydrogen (secondary N) is 1. The fourth-order valence-electron chi connectivity index (χ4n) is 3.93. The van der Waals surface area contributed by atoms with Gasteiger partial charge in [-0.2, -0.15) is 5.10 Å². The predicted molar refractivity (Wildman–Crippen MR) is 125 cm³/mol. The van der Waals surface area contributed by atoms with Crippen LogP contribution in [0.4, 0.5) is 4.39 Å². The molecule has 0 radical (unpaired) electrons. The van der Waals surface area contributed by atoms with Gasteiger partial charge in [0.2, 0.25) is 0 Å². The van der Waals surface area contributed by atoms with Crippen molar-refractivity contribution in [1.29, 1.82) is 0 Å². The van der Waals surface area contributed by atoms with Crippen LogP contribution in [0.25, 0.3) is 11.0 Å². The summed E-state index contributed by atoms with van der Waals surface area (Å²) in [5, 5.41) is 4.46. The number of benzene rings is 1. The van der Waals surface area contributed by atoms with Gasteiger partial charge in [0, 0.05) is 13.1 Å². The Morgan fingerprint density at radius 1 is 1.28 bits per heavy atom. The van der Waals surface area contributed by atoms with Crippen molar-refractivity contribution in [3.05, 3.63) is 57.0 Å². The Morgan fingerprint density at radius 3 is 2.53 bits per heavy atom. The third kappa shape index (κ3) is 3.80. The van der Waals surface area contributed by atoms with Crippen LogP contribution in [-0.4, -0.2) is 28.3 Å². The second-order valence-electron chi connectivity index (χ2n) is 9.23. The van der Waals surface area contributed by atoms with Crippen molar-refractivity contribution in [2.45, 2.75) is 63.3 Å². The van der Waals surface area contributed by atoms with Crippen molar-refractivity contribution in [3.8, 4) is 0 Å². The Labute approximate surface area is 193 Å². The summed E-state index contributed by atoms with van der Waals surface area (Å²) in [6, 6.07) is 4.60. The van der Waals surface area contributed by atoms with Crippen molar-refractivity contribution in [1.82, 2.24) is 24.1 Å². The summed E-state index contributed by atoms with van der Waals surface area (Å²) >= 11 is 6.14. The van der Waals surface area contributed by atoms with Crippen LogP contribution < -0.4 is 10.3 Å². The minimum atomic E-state index is -1.50. The van der Waals surface area contributed by atoms with Crippen LogP contribution in [0.15, 0.2) is 29.3 Å². The summed E-state index contributed by atoms with van der Waals surface area (Å²) in [5.74, 6) is -0.544. The monoisotopic (exact) mass is 479 g/mol. The maximum Gasteiger partial charge on any atom is 0.282 e. The third-order valence-electron chi connectivity index (χ3n) is 5.88. The number of rotatable bonds is 6. The number of aryl methyl sites for hydroxylation is 1. The van der Waals surface area contributed by atoms with E-state index < -0.39 is 27.1 Å². The molecular weight excluding hydrogens is 453 g/mol. The molecule has 172 valence electrons. The SMILES string of the molecule is CCC(NS(=O)C(C)(C)C)(c1ccc(F)c(Cl)c1)c1c2ncn(C3CC3)c(=O)c2nn1C. The molecule has 2 heterocycles. The van der Waals surface area contributed by atoms with E-state index in [1.54, 1.807) is 28.7 Å². The molecule has 2 unspecified atom stereocenters. The highest BCUT2D eigenvalue weighted by atomic mass is 35.5. The summed E-state index contributed by atoms with van der Waals surface area (Å²) in [6.45, 7) is 7.51. The Morgan fingerprint density at radius 2 is 1.97 bits per heavy atom. The molecule has 0 spiro atoms. The first-order valence-electron chi connectivity index (χ1n) is 10.6. The van der Waals surface area contributed by atoms with Crippen LogP contribution in [0.3, 0.4) is 0 Å². The van der Waals surface area contributed by atoms with Crippen molar-refractivity contribution >= 4 is 33.6 Å². The number of hydrogen-bond acceptors (Lipinski definition) is 4. The van der Waals surface area contributed by atoms with Gasteiger partial charge in [0.25, 0.3) is 5.56 Å². The third-order valence-corrected chi connectivity index (χ3v) is 7.82. The second-order valence-corrected chi connectivity index (χ2v) is 11.6. The van der Waals surface area contributed by atoms with Gasteiger partial charge < -0.3 is 0 Å². The van der Waals surface area contributed by atoms with Crippen LogP contribution >= 0.6 is 11.6 Å². The van der Waals surface area contributed by atoms with Crippen molar-refractivity contribution in [2.75, 3.05) is 0 Å². The zero-order valence-corrected chi connectivity index (χ0v) is 20.4. The molecule has 0 saturated heterocycles. The molecule has 3 aromatic rings. The van der Waals surface area contributed by atoms with E-state index in [0.717, 1.165) is 12.8 Å². The standard InChI is InChI=1S/C22H27ClFN5O2S/c1-6-22(27-32(31)21(2,3)4,13-7-10-16(24)15(23)11-13)19-17-18(26-28(19)5)20(30)29(12-25-17)14-8-9-14/h7,10-12,14,27H,6,8-9H2,1-5H3. The molecule has 1 aliphatic carbocycles. The number of halogens is 2. The zero-order chi connectivity index (χ0) is 23.4. The van der Waals surface area contributed by atoms with Gasteiger partial charge in [0.05, 0.1) is 38.3 Å². The number of hydrogen-bond donors (Lipinski definition) is 1. The fraction of sp³-hybridized carbons (Fsp3) is 0.500. The molecule has 7 nitrogen and oxygen atoms in total. The molecule has 32 heavy (non-hydrogen) atoms. The van der Waals surface area contributed by atoms with E-state index >= 15 is 0 Å². The first kappa shape index (κ1) is 23.1. The number of nitrogens with zero attached hydrogens (tertiary/aromatic N) is 4. The maximum atomic E-state index is 14.0. The van der Waals surface area contributed by atoms with Crippen LogP contribution in [0.5, 0.6) is 0 Å². The molecule has 1 fully saturated rings. The van der Waals surface area contributed by atoms with E-state index in [1.165, 1.54) is 12.1 Å². The molecule has 0 aliphatic heterocycles. The summed E-state index contributed by atoms with van der Waals surface area (Å²) in [7, 11) is 0.230. The van der Waals surface area contributed by atoms with Gasteiger partial charge in [-0.15, -0.1) is 0 Å². The van der Waals surface area contributed by atoms with Crippen LogP contribution in [0.1, 0.15) is 64.3 Å². The molecule has 1 N–H and O–H groups in total. The Balaban J connectivity index is 2.01. The average Bonchev–Trinajstić information content (AvgIpc) is 3.50. The Kier molecular flexibility index (Phi) is 5.80. The largest absolute Gasteiger partial charge is 0.294 e. The fourth-order valence-corrected chi connectivity index (χ4v) is 5.09. The molecular formula is C22H27ClFN5O2S. The molecule has 1 saturated carbocycles. The maximum absolute atomic E-state index is 14.0. The molecule has 10 heteroatoms. The highest BCUT2D eigenvalue weighted by molar-refractivity contribution is 7.84. The first-order valence-corrected chi connectivity index (χ1v) is 12.1. The summed E-state index contributed by atoms with van der Waals surface area (Å²) < 4.78 is 33.2. The first-order chi connectivity index (χ1) is 15.0. The molecule has 0 bridgehead atoms. The molecule has 4 rings (SSSR count). The van der Waals surface area contributed by atoms with Gasteiger partial charge in [-0.25, -0.2) is 18.3 Å². The van der Waals surface area contributed by atoms with E-state index in [0.29, 0.717) is 23.2 Å². The van der Waals surface area contributed by atoms with Gasteiger partial charge in [0.15, 0.2) is 5.52 Å². The highest BCUT2D eigenvalue weighted by Gasteiger charge is 2.42. The highest BCUT2D eigenvalue weighted by Crippen LogP contribution is 2.39. The summed E-state index contributed by atoms with van der Waals surface area (Å²) in [6.07, 6.45) is 3.89. The van der Waals surface area contributed by atoms with E-state index in [-0.39, 0.29) is 22.1 Å². The van der Waals surface area contributed by atoms with E-state index in [1.807, 2.05) is 27.7 Å². The zero-order valence-electron chi connectivity index (χ0n) is 18.8. The van der Waals surface area contributed by atoms with Crippen molar-refractivity contribution in [2.24, 2.45) is 7.05 Å². The van der Waals surface area contributed by atoms with Gasteiger partial charge in [-0.1, -0.05) is 24.6 Å². The molecule has 0 amide bonds. The van der Waals surface area contributed by atoms with Gasteiger partial charge in [0.1, 0.15) is 11.3 Å². The van der Waals surface area contributed by atoms with Gasteiger partial charge in [-0.05, 0) is 57.7 Å². The van der Waals surface area contributed by atoms with E-state index in [4.69, 9.17) is 11.6 Å². The predicted octanol–water partition coefficient (Wildman–Crippen LogP) is 3.96. The minimum absolute atomic E-state index is 0.0424. The topological polar surface area (TPSA) is 81.8 Å². The van der Waals surface area contributed by atoms with Crippen LogP contribution in [0.2, 0.25) is 5.02 Å². The summed E-state index contributed by atoms with van der Waals surface area (Å²) in [5.41, 5.74) is 0.599. The molecule has 2 aromatic heterocycles. The Bertz CT molecular complexity index is 1280.